The first-order chi connectivity index (χ1) is 6.56. The van der Waals surface area contributed by atoms with Crippen LogP contribution in [0.4, 0.5) is 0 Å². The molecular weight excluding hydrogens is 182 g/mol. The molecule has 0 bridgehead atoms. The Kier molecular flexibility index (Phi) is 3.49. The molecule has 1 aliphatic heterocycles. The molecule has 1 aliphatic rings. The van der Waals surface area contributed by atoms with Crippen LogP contribution in [-0.2, 0) is 9.59 Å². The van der Waals surface area contributed by atoms with Gasteiger partial charge in [0, 0.05) is 20.0 Å². The van der Waals surface area contributed by atoms with Gasteiger partial charge in [0.05, 0.1) is 5.92 Å². The van der Waals surface area contributed by atoms with Crippen molar-refractivity contribution >= 4 is 11.9 Å². The van der Waals surface area contributed by atoms with E-state index in [2.05, 4.69) is 0 Å². The lowest BCUT2D eigenvalue weighted by atomic mass is 9.92. The van der Waals surface area contributed by atoms with E-state index in [9.17, 15) is 9.59 Å². The lowest BCUT2D eigenvalue weighted by Gasteiger charge is -2.12. The lowest BCUT2D eigenvalue weighted by molar-refractivity contribution is -0.142. The van der Waals surface area contributed by atoms with Gasteiger partial charge in [-0.05, 0) is 12.3 Å². The molecule has 0 unspecified atom stereocenters. The number of nitrogens with zero attached hydrogens (tertiary/aromatic N) is 1. The quantitative estimate of drug-likeness (QED) is 0.736. The summed E-state index contributed by atoms with van der Waals surface area (Å²) in [6, 6.07) is 0. The van der Waals surface area contributed by atoms with E-state index in [1.165, 1.54) is 6.92 Å². The Bertz CT molecular complexity index is 240. The molecule has 4 heteroatoms. The van der Waals surface area contributed by atoms with Gasteiger partial charge in [0.2, 0.25) is 5.91 Å². The Hall–Kier alpha value is -1.06. The van der Waals surface area contributed by atoms with Crippen LogP contribution in [0.2, 0.25) is 0 Å². The zero-order valence-electron chi connectivity index (χ0n) is 8.69. The maximum atomic E-state index is 11.1. The maximum absolute atomic E-state index is 11.1. The minimum Gasteiger partial charge on any atom is -0.481 e. The average Bonchev–Trinajstić information content (AvgIpc) is 2.49. The van der Waals surface area contributed by atoms with Crippen LogP contribution in [0.1, 0.15) is 26.7 Å². The van der Waals surface area contributed by atoms with Crippen molar-refractivity contribution in [1.82, 2.24) is 4.90 Å². The minimum atomic E-state index is -0.771. The molecule has 1 amide bonds. The number of hydrogen-bond acceptors (Lipinski definition) is 2. The van der Waals surface area contributed by atoms with Crippen molar-refractivity contribution < 1.29 is 14.7 Å². The second kappa shape index (κ2) is 4.44. The molecule has 1 fully saturated rings. The van der Waals surface area contributed by atoms with E-state index in [1.807, 2.05) is 6.92 Å². The molecule has 0 aromatic carbocycles. The molecule has 1 heterocycles. The van der Waals surface area contributed by atoms with Gasteiger partial charge in [0.1, 0.15) is 0 Å². The average molecular weight is 199 g/mol. The Morgan fingerprint density at radius 2 is 2.07 bits per heavy atom. The van der Waals surface area contributed by atoms with Crippen LogP contribution in [0.25, 0.3) is 0 Å². The molecule has 14 heavy (non-hydrogen) atoms. The number of rotatable bonds is 3. The van der Waals surface area contributed by atoms with Crippen molar-refractivity contribution in [3.8, 4) is 0 Å². The normalized spacial score (nSPS) is 26.6. The third-order valence-electron chi connectivity index (χ3n) is 2.86. The Labute approximate surface area is 83.9 Å². The largest absolute Gasteiger partial charge is 0.481 e. The Morgan fingerprint density at radius 3 is 2.50 bits per heavy atom. The van der Waals surface area contributed by atoms with Crippen LogP contribution in [0.3, 0.4) is 0 Å². The molecule has 4 nitrogen and oxygen atoms in total. The zero-order valence-corrected chi connectivity index (χ0v) is 8.69. The van der Waals surface area contributed by atoms with Crippen molar-refractivity contribution in [2.24, 2.45) is 11.8 Å². The molecule has 0 aliphatic carbocycles. The number of carbonyl (C=O) groups is 2. The summed E-state index contributed by atoms with van der Waals surface area (Å²) in [5, 5.41) is 8.97. The van der Waals surface area contributed by atoms with Gasteiger partial charge in [-0.1, -0.05) is 13.3 Å². The monoisotopic (exact) mass is 199 g/mol. The summed E-state index contributed by atoms with van der Waals surface area (Å²) in [6.07, 6.45) is 1.86. The molecule has 0 saturated carbocycles. The highest BCUT2D eigenvalue weighted by Crippen LogP contribution is 2.27. The van der Waals surface area contributed by atoms with Gasteiger partial charge in [-0.2, -0.15) is 0 Å². The minimum absolute atomic E-state index is 0.0187. The number of aliphatic carboxylic acids is 1. The van der Waals surface area contributed by atoms with E-state index >= 15 is 0 Å². The van der Waals surface area contributed by atoms with E-state index in [0.717, 1.165) is 12.8 Å². The van der Waals surface area contributed by atoms with Crippen molar-refractivity contribution in [1.29, 1.82) is 0 Å². The van der Waals surface area contributed by atoms with E-state index < -0.39 is 5.97 Å². The first-order valence-corrected chi connectivity index (χ1v) is 5.04. The molecule has 0 aromatic heterocycles. The fourth-order valence-electron chi connectivity index (χ4n) is 2.07. The van der Waals surface area contributed by atoms with E-state index in [1.54, 1.807) is 4.90 Å². The smallest absolute Gasteiger partial charge is 0.308 e. The second-order valence-electron chi connectivity index (χ2n) is 3.92. The number of carbonyl (C=O) groups excluding carboxylic acids is 1. The van der Waals surface area contributed by atoms with Crippen molar-refractivity contribution in [2.45, 2.75) is 26.7 Å². The van der Waals surface area contributed by atoms with Crippen molar-refractivity contribution in [3.05, 3.63) is 0 Å². The number of amides is 1. The summed E-state index contributed by atoms with van der Waals surface area (Å²) in [5.74, 6) is -1.01. The molecule has 2 atom stereocenters. The predicted molar refractivity (Wildman–Crippen MR) is 51.8 cm³/mol. The van der Waals surface area contributed by atoms with Crippen LogP contribution in [0.15, 0.2) is 0 Å². The Morgan fingerprint density at radius 1 is 1.43 bits per heavy atom. The van der Waals surface area contributed by atoms with Gasteiger partial charge in [0.25, 0.3) is 0 Å². The molecule has 1 rings (SSSR count). The highest BCUT2D eigenvalue weighted by atomic mass is 16.4. The first-order valence-electron chi connectivity index (χ1n) is 5.04. The summed E-state index contributed by atoms with van der Waals surface area (Å²) >= 11 is 0. The molecule has 0 aromatic rings. The molecule has 1 saturated heterocycles. The molecular formula is C10H17NO3. The highest BCUT2D eigenvalue weighted by Gasteiger charge is 2.37. The van der Waals surface area contributed by atoms with Gasteiger partial charge in [-0.15, -0.1) is 0 Å². The van der Waals surface area contributed by atoms with Crippen LogP contribution in [-0.4, -0.2) is 35.0 Å². The van der Waals surface area contributed by atoms with Crippen LogP contribution >= 0.6 is 0 Å². The first kappa shape index (κ1) is 11.0. The fourth-order valence-corrected chi connectivity index (χ4v) is 2.07. The SMILES string of the molecule is CCC[C@@H]1CN(C(C)=O)C[C@H]1C(=O)O. The molecule has 80 valence electrons. The standard InChI is InChI=1S/C10H17NO3/c1-3-4-8-5-11(7(2)12)6-9(8)10(13)14/h8-9H,3-6H2,1-2H3,(H,13,14)/t8-,9-/m1/s1. The van der Waals surface area contributed by atoms with E-state index in [0.29, 0.717) is 13.1 Å². The van der Waals surface area contributed by atoms with Gasteiger partial charge in [0.15, 0.2) is 0 Å². The number of carboxylic acids is 1. The van der Waals surface area contributed by atoms with E-state index in [4.69, 9.17) is 5.11 Å². The second-order valence-corrected chi connectivity index (χ2v) is 3.92. The summed E-state index contributed by atoms with van der Waals surface area (Å²) in [7, 11) is 0. The van der Waals surface area contributed by atoms with Gasteiger partial charge in [-0.3, -0.25) is 9.59 Å². The maximum Gasteiger partial charge on any atom is 0.308 e. The third-order valence-corrected chi connectivity index (χ3v) is 2.86. The predicted octanol–water partition coefficient (Wildman–Crippen LogP) is 0.966. The van der Waals surface area contributed by atoms with Crippen LogP contribution < -0.4 is 0 Å². The summed E-state index contributed by atoms with van der Waals surface area (Å²) < 4.78 is 0. The third kappa shape index (κ3) is 2.25. The summed E-state index contributed by atoms with van der Waals surface area (Å²) in [5.41, 5.74) is 0. The summed E-state index contributed by atoms with van der Waals surface area (Å²) in [6.45, 7) is 4.53. The van der Waals surface area contributed by atoms with Crippen LogP contribution in [0, 0.1) is 11.8 Å². The van der Waals surface area contributed by atoms with Gasteiger partial charge < -0.3 is 10.0 Å². The van der Waals surface area contributed by atoms with Crippen molar-refractivity contribution in [3.63, 3.8) is 0 Å². The van der Waals surface area contributed by atoms with Crippen molar-refractivity contribution in [2.75, 3.05) is 13.1 Å². The van der Waals surface area contributed by atoms with Gasteiger partial charge >= 0.3 is 5.97 Å². The summed E-state index contributed by atoms with van der Waals surface area (Å²) in [4.78, 5) is 23.7. The van der Waals surface area contributed by atoms with E-state index in [-0.39, 0.29) is 17.7 Å². The number of hydrogen-bond donors (Lipinski definition) is 1. The molecule has 0 spiro atoms. The Balaban J connectivity index is 2.64. The van der Waals surface area contributed by atoms with Crippen LogP contribution in [0.5, 0.6) is 0 Å². The highest BCUT2D eigenvalue weighted by molar-refractivity contribution is 5.77. The van der Waals surface area contributed by atoms with Gasteiger partial charge in [-0.25, -0.2) is 0 Å². The fraction of sp³-hybridized carbons (Fsp3) is 0.800. The number of carboxylic acid groups (broad SMARTS) is 1. The molecule has 0 radical (unpaired) electrons. The lowest BCUT2D eigenvalue weighted by Crippen LogP contribution is -2.27. The topological polar surface area (TPSA) is 57.6 Å². The molecule has 1 N–H and O–H groups in total. The number of likely N-dealkylation sites (tertiary alicyclic amines) is 1. The zero-order chi connectivity index (χ0) is 10.7.